The molecule has 138 valence electrons. The maximum atomic E-state index is 13.0. The van der Waals surface area contributed by atoms with Crippen LogP contribution in [0.2, 0.25) is 0 Å². The zero-order valence-corrected chi connectivity index (χ0v) is 15.0. The lowest BCUT2D eigenvalue weighted by atomic mass is 10.1. The van der Waals surface area contributed by atoms with E-state index in [1.807, 2.05) is 29.2 Å². The lowest BCUT2D eigenvalue weighted by Gasteiger charge is -2.36. The van der Waals surface area contributed by atoms with Gasteiger partial charge in [0.2, 0.25) is 0 Å². The van der Waals surface area contributed by atoms with Gasteiger partial charge in [-0.3, -0.25) is 0 Å². The Balaban J connectivity index is 1.47. The Kier molecular flexibility index (Phi) is 6.07. The number of piperazine rings is 1. The minimum Gasteiger partial charge on any atom is -0.380 e. The molecule has 1 aliphatic heterocycles. The number of ether oxygens (including phenoxy) is 1. The fourth-order valence-corrected chi connectivity index (χ4v) is 3.11. The van der Waals surface area contributed by atoms with Gasteiger partial charge < -0.3 is 19.9 Å². The average Bonchev–Trinajstić information content (AvgIpc) is 2.67. The first-order chi connectivity index (χ1) is 12.7. The SMILES string of the molecule is COCc1cccc(CNC(=O)N2CCN(c3ccc(F)cc3)CC2)c1. The molecular formula is C20H24FN3O2. The molecule has 0 saturated carbocycles. The predicted molar refractivity (Wildman–Crippen MR) is 99.6 cm³/mol. The van der Waals surface area contributed by atoms with Crippen LogP contribution in [-0.4, -0.2) is 44.2 Å². The van der Waals surface area contributed by atoms with Gasteiger partial charge >= 0.3 is 6.03 Å². The summed E-state index contributed by atoms with van der Waals surface area (Å²) >= 11 is 0. The van der Waals surface area contributed by atoms with Crippen LogP contribution in [-0.2, 0) is 17.9 Å². The smallest absolute Gasteiger partial charge is 0.317 e. The van der Waals surface area contributed by atoms with Gasteiger partial charge in [0.05, 0.1) is 6.61 Å². The van der Waals surface area contributed by atoms with Crippen molar-refractivity contribution >= 4 is 11.7 Å². The van der Waals surface area contributed by atoms with Gasteiger partial charge in [-0.15, -0.1) is 0 Å². The van der Waals surface area contributed by atoms with Crippen molar-refractivity contribution < 1.29 is 13.9 Å². The van der Waals surface area contributed by atoms with Crippen molar-refractivity contribution in [2.24, 2.45) is 0 Å². The maximum Gasteiger partial charge on any atom is 0.317 e. The van der Waals surface area contributed by atoms with Crippen LogP contribution in [0.4, 0.5) is 14.9 Å². The number of nitrogens with zero attached hydrogens (tertiary/aromatic N) is 2. The quantitative estimate of drug-likeness (QED) is 0.895. The number of benzene rings is 2. The van der Waals surface area contributed by atoms with Crippen LogP contribution in [0.5, 0.6) is 0 Å². The zero-order chi connectivity index (χ0) is 18.4. The molecule has 1 aliphatic rings. The van der Waals surface area contributed by atoms with Crippen molar-refractivity contribution in [3.05, 3.63) is 65.5 Å². The van der Waals surface area contributed by atoms with Crippen LogP contribution < -0.4 is 10.2 Å². The number of carbonyl (C=O) groups excluding carboxylic acids is 1. The van der Waals surface area contributed by atoms with E-state index in [4.69, 9.17) is 4.74 Å². The summed E-state index contributed by atoms with van der Waals surface area (Å²) in [6.07, 6.45) is 0. The van der Waals surface area contributed by atoms with Crippen molar-refractivity contribution in [1.82, 2.24) is 10.2 Å². The first kappa shape index (κ1) is 18.2. The normalized spacial score (nSPS) is 14.4. The van der Waals surface area contributed by atoms with Crippen molar-refractivity contribution in [1.29, 1.82) is 0 Å². The van der Waals surface area contributed by atoms with E-state index in [2.05, 4.69) is 10.2 Å². The lowest BCUT2D eigenvalue weighted by molar-refractivity contribution is 0.185. The summed E-state index contributed by atoms with van der Waals surface area (Å²) in [4.78, 5) is 16.4. The van der Waals surface area contributed by atoms with Crippen molar-refractivity contribution in [2.45, 2.75) is 13.2 Å². The second-order valence-electron chi connectivity index (χ2n) is 6.36. The van der Waals surface area contributed by atoms with Crippen molar-refractivity contribution in [3.8, 4) is 0 Å². The van der Waals surface area contributed by atoms with Gasteiger partial charge in [-0.1, -0.05) is 24.3 Å². The zero-order valence-electron chi connectivity index (χ0n) is 15.0. The summed E-state index contributed by atoms with van der Waals surface area (Å²) < 4.78 is 18.2. The Morgan fingerprint density at radius 1 is 1.08 bits per heavy atom. The largest absolute Gasteiger partial charge is 0.380 e. The van der Waals surface area contributed by atoms with Crippen LogP contribution in [0.15, 0.2) is 48.5 Å². The minimum atomic E-state index is -0.235. The van der Waals surface area contributed by atoms with E-state index in [1.165, 1.54) is 12.1 Å². The number of methoxy groups -OCH3 is 1. The summed E-state index contributed by atoms with van der Waals surface area (Å²) in [5, 5.41) is 2.98. The van der Waals surface area contributed by atoms with Crippen LogP contribution in [0.25, 0.3) is 0 Å². The van der Waals surface area contributed by atoms with Crippen LogP contribution in [0.3, 0.4) is 0 Å². The van der Waals surface area contributed by atoms with Gasteiger partial charge in [-0.05, 0) is 35.4 Å². The number of rotatable bonds is 5. The number of hydrogen-bond donors (Lipinski definition) is 1. The van der Waals surface area contributed by atoms with Crippen LogP contribution >= 0.6 is 0 Å². The van der Waals surface area contributed by atoms with Gasteiger partial charge in [-0.2, -0.15) is 0 Å². The standard InChI is InChI=1S/C20H24FN3O2/c1-26-15-17-4-2-3-16(13-17)14-22-20(25)24-11-9-23(10-12-24)19-7-5-18(21)6-8-19/h2-8,13H,9-12,14-15H2,1H3,(H,22,25). The van der Waals surface area contributed by atoms with Gasteiger partial charge in [0.25, 0.3) is 0 Å². The van der Waals surface area contributed by atoms with Crippen molar-refractivity contribution in [3.63, 3.8) is 0 Å². The molecule has 1 N–H and O–H groups in total. The van der Waals surface area contributed by atoms with E-state index < -0.39 is 0 Å². The summed E-state index contributed by atoms with van der Waals surface area (Å²) in [6.45, 7) is 3.83. The number of carbonyl (C=O) groups is 1. The highest BCUT2D eigenvalue weighted by atomic mass is 19.1. The maximum absolute atomic E-state index is 13.0. The molecule has 5 nitrogen and oxygen atoms in total. The second kappa shape index (κ2) is 8.67. The summed E-state index contributed by atoms with van der Waals surface area (Å²) in [6, 6.07) is 14.4. The molecule has 0 atom stereocenters. The van der Waals surface area contributed by atoms with Gasteiger partial charge in [-0.25, -0.2) is 9.18 Å². The fourth-order valence-electron chi connectivity index (χ4n) is 3.11. The Bertz CT molecular complexity index is 728. The molecule has 26 heavy (non-hydrogen) atoms. The third-order valence-corrected chi connectivity index (χ3v) is 4.50. The molecule has 2 aromatic carbocycles. The number of urea groups is 1. The van der Waals surface area contributed by atoms with Crippen LogP contribution in [0, 0.1) is 5.82 Å². The van der Waals surface area contributed by atoms with E-state index in [0.717, 1.165) is 29.9 Å². The molecule has 1 heterocycles. The van der Waals surface area contributed by atoms with E-state index >= 15 is 0 Å². The predicted octanol–water partition coefficient (Wildman–Crippen LogP) is 3.00. The molecule has 0 radical (unpaired) electrons. The van der Waals surface area contributed by atoms with E-state index in [9.17, 15) is 9.18 Å². The molecule has 0 bridgehead atoms. The Morgan fingerprint density at radius 3 is 2.46 bits per heavy atom. The molecule has 2 aromatic rings. The number of anilines is 1. The Hall–Kier alpha value is -2.60. The number of nitrogens with one attached hydrogen (secondary N) is 1. The fraction of sp³-hybridized carbons (Fsp3) is 0.350. The molecule has 0 spiro atoms. The first-order valence-corrected chi connectivity index (χ1v) is 8.76. The molecule has 1 saturated heterocycles. The highest BCUT2D eigenvalue weighted by Gasteiger charge is 2.21. The Labute approximate surface area is 153 Å². The van der Waals surface area contributed by atoms with Crippen molar-refractivity contribution in [2.75, 3.05) is 38.2 Å². The average molecular weight is 357 g/mol. The molecular weight excluding hydrogens is 333 g/mol. The lowest BCUT2D eigenvalue weighted by Crippen LogP contribution is -2.51. The minimum absolute atomic E-state index is 0.0547. The summed E-state index contributed by atoms with van der Waals surface area (Å²) in [5.74, 6) is -0.235. The third kappa shape index (κ3) is 4.73. The number of amides is 2. The van der Waals surface area contributed by atoms with Crippen LogP contribution in [0.1, 0.15) is 11.1 Å². The van der Waals surface area contributed by atoms with Gasteiger partial charge in [0.1, 0.15) is 5.82 Å². The molecule has 0 unspecified atom stereocenters. The topological polar surface area (TPSA) is 44.8 Å². The molecule has 0 aliphatic carbocycles. The molecule has 1 fully saturated rings. The monoisotopic (exact) mass is 357 g/mol. The highest BCUT2D eigenvalue weighted by Crippen LogP contribution is 2.17. The first-order valence-electron chi connectivity index (χ1n) is 8.76. The number of halogens is 1. The Morgan fingerprint density at radius 2 is 1.77 bits per heavy atom. The highest BCUT2D eigenvalue weighted by molar-refractivity contribution is 5.74. The summed E-state index contributed by atoms with van der Waals surface area (Å²) in [7, 11) is 1.67. The third-order valence-electron chi connectivity index (χ3n) is 4.50. The molecule has 6 heteroatoms. The van der Waals surface area contributed by atoms with E-state index in [1.54, 1.807) is 19.2 Å². The second-order valence-corrected chi connectivity index (χ2v) is 6.36. The molecule has 0 aromatic heterocycles. The number of hydrogen-bond acceptors (Lipinski definition) is 3. The molecule has 2 amide bonds. The summed E-state index contributed by atoms with van der Waals surface area (Å²) in [5.41, 5.74) is 3.13. The molecule has 3 rings (SSSR count). The van der Waals surface area contributed by atoms with Gasteiger partial charge in [0.15, 0.2) is 0 Å². The van der Waals surface area contributed by atoms with E-state index in [0.29, 0.717) is 26.2 Å². The van der Waals surface area contributed by atoms with E-state index in [-0.39, 0.29) is 11.8 Å². The van der Waals surface area contributed by atoms with Gasteiger partial charge in [0, 0.05) is 45.5 Å².